The van der Waals surface area contributed by atoms with E-state index >= 15 is 0 Å². The molecule has 0 atom stereocenters. The minimum Gasteiger partial charge on any atom is -0.496 e. The first kappa shape index (κ1) is 20.8. The summed E-state index contributed by atoms with van der Waals surface area (Å²) >= 11 is 0. The van der Waals surface area contributed by atoms with Crippen LogP contribution in [0.1, 0.15) is 27.6 Å². The van der Waals surface area contributed by atoms with Crippen LogP contribution in [0.5, 0.6) is 17.2 Å². The van der Waals surface area contributed by atoms with E-state index in [4.69, 9.17) is 14.2 Å². The highest BCUT2D eigenvalue weighted by molar-refractivity contribution is 5.99. The van der Waals surface area contributed by atoms with Gasteiger partial charge in [0.05, 0.1) is 14.2 Å². The molecule has 0 saturated carbocycles. The number of ether oxygens (including phenoxy) is 3. The van der Waals surface area contributed by atoms with Gasteiger partial charge in [-0.2, -0.15) is 0 Å². The molecular formula is C20H22N2O6. The first-order valence-corrected chi connectivity index (χ1v) is 8.52. The number of nitrogens with one attached hydrogen (secondary N) is 2. The number of benzene rings is 2. The Kier molecular flexibility index (Phi) is 7.38. The number of esters is 1. The Balaban J connectivity index is 1.90. The summed E-state index contributed by atoms with van der Waals surface area (Å²) in [5.41, 5.74) is 0.629. The molecule has 0 bridgehead atoms. The number of carbonyl (C=O) groups is 3. The third-order valence-corrected chi connectivity index (χ3v) is 3.71. The van der Waals surface area contributed by atoms with Crippen LogP contribution in [0.25, 0.3) is 0 Å². The zero-order chi connectivity index (χ0) is 20.5. The molecule has 0 fully saturated rings. The quantitative estimate of drug-likeness (QED) is 0.407. The highest BCUT2D eigenvalue weighted by Gasteiger charge is 2.17. The van der Waals surface area contributed by atoms with Gasteiger partial charge in [-0.3, -0.25) is 14.4 Å². The molecule has 0 unspecified atom stereocenters. The van der Waals surface area contributed by atoms with Gasteiger partial charge in [0.15, 0.2) is 0 Å². The van der Waals surface area contributed by atoms with Crippen LogP contribution >= 0.6 is 0 Å². The van der Waals surface area contributed by atoms with E-state index in [0.717, 1.165) is 0 Å². The van der Waals surface area contributed by atoms with Gasteiger partial charge in [0.1, 0.15) is 22.8 Å². The zero-order valence-corrected chi connectivity index (χ0v) is 15.9. The Bertz CT molecular complexity index is 843. The smallest absolute Gasteiger partial charge is 0.308 e. The number of hydrogen-bond acceptors (Lipinski definition) is 6. The van der Waals surface area contributed by atoms with Crippen LogP contribution < -0.4 is 24.8 Å². The molecule has 0 saturated heterocycles. The summed E-state index contributed by atoms with van der Waals surface area (Å²) in [6, 6.07) is 11.3. The van der Waals surface area contributed by atoms with E-state index in [1.54, 1.807) is 36.4 Å². The van der Waals surface area contributed by atoms with E-state index in [1.165, 1.54) is 27.2 Å². The molecule has 2 N–H and O–H groups in total. The maximum atomic E-state index is 12.4. The highest BCUT2D eigenvalue weighted by Crippen LogP contribution is 2.27. The van der Waals surface area contributed by atoms with Crippen LogP contribution in [0, 0.1) is 0 Å². The standard InChI is InChI=1S/C20H22N2O6/c1-13(23)28-15-7-4-6-14(12-15)19(24)21-10-11-22-20(25)18-16(26-2)8-5-9-17(18)27-3/h4-9,12H,10-11H2,1-3H3,(H,21,24)(H,22,25). The minimum atomic E-state index is -0.466. The first-order chi connectivity index (χ1) is 13.5. The lowest BCUT2D eigenvalue weighted by Crippen LogP contribution is -2.35. The van der Waals surface area contributed by atoms with Crippen LogP contribution in [0.15, 0.2) is 42.5 Å². The molecule has 8 nitrogen and oxygen atoms in total. The van der Waals surface area contributed by atoms with Crippen molar-refractivity contribution in [2.24, 2.45) is 0 Å². The molecule has 2 rings (SSSR count). The van der Waals surface area contributed by atoms with Crippen LogP contribution in [-0.2, 0) is 4.79 Å². The van der Waals surface area contributed by atoms with Crippen molar-refractivity contribution in [3.63, 3.8) is 0 Å². The fourth-order valence-corrected chi connectivity index (χ4v) is 2.48. The first-order valence-electron chi connectivity index (χ1n) is 8.52. The molecule has 0 aliphatic heterocycles. The van der Waals surface area contributed by atoms with E-state index in [1.807, 2.05) is 0 Å². The molecule has 28 heavy (non-hydrogen) atoms. The van der Waals surface area contributed by atoms with Gasteiger partial charge in [0.25, 0.3) is 11.8 Å². The van der Waals surface area contributed by atoms with Crippen LogP contribution in [0.4, 0.5) is 0 Å². The lowest BCUT2D eigenvalue weighted by Gasteiger charge is -2.13. The van der Waals surface area contributed by atoms with Crippen molar-refractivity contribution in [2.75, 3.05) is 27.3 Å². The van der Waals surface area contributed by atoms with E-state index in [0.29, 0.717) is 17.1 Å². The van der Waals surface area contributed by atoms with Gasteiger partial charge < -0.3 is 24.8 Å². The second-order valence-corrected chi connectivity index (χ2v) is 5.67. The van der Waals surface area contributed by atoms with Crippen molar-refractivity contribution >= 4 is 17.8 Å². The SMILES string of the molecule is COc1cccc(OC)c1C(=O)NCCNC(=O)c1cccc(OC(C)=O)c1. The minimum absolute atomic E-state index is 0.204. The largest absolute Gasteiger partial charge is 0.496 e. The Labute approximate surface area is 162 Å². The van der Waals surface area contributed by atoms with E-state index in [-0.39, 0.29) is 36.2 Å². The summed E-state index contributed by atoms with van der Waals surface area (Å²) in [6.45, 7) is 1.70. The maximum absolute atomic E-state index is 12.4. The molecule has 2 amide bonds. The molecule has 148 valence electrons. The van der Waals surface area contributed by atoms with Crippen LogP contribution in [0.3, 0.4) is 0 Å². The monoisotopic (exact) mass is 386 g/mol. The number of rotatable bonds is 8. The number of hydrogen-bond donors (Lipinski definition) is 2. The molecule has 0 aliphatic rings. The second-order valence-electron chi connectivity index (χ2n) is 5.67. The van der Waals surface area contributed by atoms with E-state index in [2.05, 4.69) is 10.6 Å². The lowest BCUT2D eigenvalue weighted by molar-refractivity contribution is -0.131. The fourth-order valence-electron chi connectivity index (χ4n) is 2.48. The number of amides is 2. The average Bonchev–Trinajstić information content (AvgIpc) is 2.69. The van der Waals surface area contributed by atoms with Gasteiger partial charge in [-0.15, -0.1) is 0 Å². The maximum Gasteiger partial charge on any atom is 0.308 e. The molecule has 0 aliphatic carbocycles. The van der Waals surface area contributed by atoms with Gasteiger partial charge in [-0.05, 0) is 30.3 Å². The van der Waals surface area contributed by atoms with Crippen molar-refractivity contribution in [3.8, 4) is 17.2 Å². The van der Waals surface area contributed by atoms with Gasteiger partial charge in [-0.1, -0.05) is 12.1 Å². The van der Waals surface area contributed by atoms with Gasteiger partial charge in [0.2, 0.25) is 0 Å². The average molecular weight is 386 g/mol. The topological polar surface area (TPSA) is 103 Å². The van der Waals surface area contributed by atoms with Crippen molar-refractivity contribution in [2.45, 2.75) is 6.92 Å². The van der Waals surface area contributed by atoms with E-state index < -0.39 is 5.97 Å². The predicted molar refractivity (Wildman–Crippen MR) is 102 cm³/mol. The molecule has 0 radical (unpaired) electrons. The van der Waals surface area contributed by atoms with Crippen molar-refractivity contribution in [1.29, 1.82) is 0 Å². The molecule has 0 aromatic heterocycles. The summed E-state index contributed by atoms with van der Waals surface area (Å²) < 4.78 is 15.4. The predicted octanol–water partition coefficient (Wildman–Crippen LogP) is 1.79. The molecule has 0 heterocycles. The van der Waals surface area contributed by atoms with E-state index in [9.17, 15) is 14.4 Å². The molecule has 8 heteroatoms. The lowest BCUT2D eigenvalue weighted by atomic mass is 10.1. The Hall–Kier alpha value is -3.55. The third kappa shape index (κ3) is 5.47. The molecule has 2 aromatic carbocycles. The van der Waals surface area contributed by atoms with Crippen molar-refractivity contribution < 1.29 is 28.6 Å². The van der Waals surface area contributed by atoms with Crippen LogP contribution in [-0.4, -0.2) is 45.1 Å². The number of carbonyl (C=O) groups excluding carboxylic acids is 3. The fraction of sp³-hybridized carbons (Fsp3) is 0.250. The number of methoxy groups -OCH3 is 2. The zero-order valence-electron chi connectivity index (χ0n) is 15.9. The summed E-state index contributed by atoms with van der Waals surface area (Å²) in [7, 11) is 2.94. The normalized spacial score (nSPS) is 9.96. The van der Waals surface area contributed by atoms with Crippen molar-refractivity contribution in [3.05, 3.63) is 53.6 Å². The van der Waals surface area contributed by atoms with Crippen molar-refractivity contribution in [1.82, 2.24) is 10.6 Å². The third-order valence-electron chi connectivity index (χ3n) is 3.71. The molecule has 0 spiro atoms. The van der Waals surface area contributed by atoms with Gasteiger partial charge in [0, 0.05) is 25.6 Å². The Morgan fingerprint density at radius 3 is 2.00 bits per heavy atom. The van der Waals surface area contributed by atoms with Crippen LogP contribution in [0.2, 0.25) is 0 Å². The Morgan fingerprint density at radius 2 is 1.43 bits per heavy atom. The second kappa shape index (κ2) is 9.96. The summed E-state index contributed by atoms with van der Waals surface area (Å²) in [6.07, 6.45) is 0. The Morgan fingerprint density at radius 1 is 0.857 bits per heavy atom. The molecular weight excluding hydrogens is 364 g/mol. The summed E-state index contributed by atoms with van der Waals surface area (Å²) in [5, 5.41) is 5.40. The van der Waals surface area contributed by atoms with Gasteiger partial charge in [-0.25, -0.2) is 0 Å². The van der Waals surface area contributed by atoms with Gasteiger partial charge >= 0.3 is 5.97 Å². The summed E-state index contributed by atoms with van der Waals surface area (Å²) in [5.74, 6) is -0.117. The highest BCUT2D eigenvalue weighted by atomic mass is 16.5. The molecule has 2 aromatic rings. The summed E-state index contributed by atoms with van der Waals surface area (Å²) in [4.78, 5) is 35.6.